The number of amides is 2. The van der Waals surface area contributed by atoms with E-state index in [2.05, 4.69) is 27.2 Å². The number of nitrogens with one attached hydrogen (secondary N) is 1. The summed E-state index contributed by atoms with van der Waals surface area (Å²) in [5.41, 5.74) is 2.67. The van der Waals surface area contributed by atoms with E-state index in [-0.39, 0.29) is 12.1 Å². The Kier molecular flexibility index (Phi) is 4.39. The van der Waals surface area contributed by atoms with Gasteiger partial charge >= 0.3 is 6.03 Å². The van der Waals surface area contributed by atoms with E-state index < -0.39 is 0 Å². The maximum atomic E-state index is 12.3. The number of urea groups is 1. The van der Waals surface area contributed by atoms with Crippen LogP contribution in [0.3, 0.4) is 0 Å². The van der Waals surface area contributed by atoms with Gasteiger partial charge in [-0.2, -0.15) is 0 Å². The Morgan fingerprint density at radius 2 is 2.27 bits per heavy atom. The first-order valence-electron chi connectivity index (χ1n) is 7.22. The maximum Gasteiger partial charge on any atom is 0.317 e. The summed E-state index contributed by atoms with van der Waals surface area (Å²) in [6, 6.07) is 0.0825. The monoisotopic (exact) mass is 320 g/mol. The molecule has 2 aromatic rings. The quantitative estimate of drug-likeness (QED) is 0.919. The van der Waals surface area contributed by atoms with Gasteiger partial charge < -0.3 is 14.8 Å². The zero-order valence-corrected chi connectivity index (χ0v) is 13.6. The molecule has 1 fully saturated rings. The van der Waals surface area contributed by atoms with E-state index in [1.165, 1.54) is 11.3 Å². The van der Waals surface area contributed by atoms with Crippen LogP contribution in [0.15, 0.2) is 23.3 Å². The zero-order chi connectivity index (χ0) is 15.5. The van der Waals surface area contributed by atoms with Crippen LogP contribution in [0.2, 0.25) is 0 Å². The van der Waals surface area contributed by atoms with Crippen molar-refractivity contribution in [2.75, 3.05) is 26.7 Å². The molecule has 1 aliphatic rings. The number of nitrogens with zero attached hydrogens (tertiary/aromatic N) is 5. The largest absolute Gasteiger partial charge is 0.337 e. The van der Waals surface area contributed by atoms with Crippen molar-refractivity contribution in [1.29, 1.82) is 0 Å². The van der Waals surface area contributed by atoms with Gasteiger partial charge in [0, 0.05) is 44.5 Å². The highest BCUT2D eigenvalue weighted by molar-refractivity contribution is 7.07. The third-order valence-corrected chi connectivity index (χ3v) is 4.63. The van der Waals surface area contributed by atoms with Gasteiger partial charge in [-0.25, -0.2) is 14.8 Å². The van der Waals surface area contributed by atoms with Gasteiger partial charge in [-0.1, -0.05) is 0 Å². The van der Waals surface area contributed by atoms with Crippen molar-refractivity contribution in [2.24, 2.45) is 7.05 Å². The van der Waals surface area contributed by atoms with Crippen LogP contribution in [0.1, 0.15) is 17.6 Å². The van der Waals surface area contributed by atoms with E-state index in [0.717, 1.165) is 24.6 Å². The van der Waals surface area contributed by atoms with Crippen molar-refractivity contribution in [1.82, 2.24) is 29.7 Å². The molecule has 1 aliphatic heterocycles. The number of carbonyl (C=O) groups excluding carboxylic acids is 1. The van der Waals surface area contributed by atoms with Crippen LogP contribution in [-0.2, 0) is 13.6 Å². The fourth-order valence-electron chi connectivity index (χ4n) is 2.64. The molecular formula is C14H20N6OS. The van der Waals surface area contributed by atoms with Gasteiger partial charge in [-0.15, -0.1) is 11.3 Å². The Bertz CT molecular complexity index is 625. The summed E-state index contributed by atoms with van der Waals surface area (Å²) in [6.07, 6.45) is 3.73. The number of rotatable bonds is 3. The highest BCUT2D eigenvalue weighted by Crippen LogP contribution is 2.22. The van der Waals surface area contributed by atoms with Crippen LogP contribution in [0.4, 0.5) is 4.79 Å². The van der Waals surface area contributed by atoms with Gasteiger partial charge in [0.05, 0.1) is 23.8 Å². The first kappa shape index (κ1) is 15.0. The molecule has 1 saturated heterocycles. The van der Waals surface area contributed by atoms with E-state index in [4.69, 9.17) is 0 Å². The summed E-state index contributed by atoms with van der Waals surface area (Å²) in [7, 11) is 4.06. The lowest BCUT2D eigenvalue weighted by Crippen LogP contribution is -2.52. The Labute approximate surface area is 133 Å². The predicted molar refractivity (Wildman–Crippen MR) is 84.5 cm³/mol. The molecule has 2 aromatic heterocycles. The van der Waals surface area contributed by atoms with Crippen LogP contribution in [-0.4, -0.2) is 57.0 Å². The third kappa shape index (κ3) is 3.12. The smallest absolute Gasteiger partial charge is 0.317 e. The van der Waals surface area contributed by atoms with Crippen LogP contribution in [0.25, 0.3) is 0 Å². The minimum Gasteiger partial charge on any atom is -0.337 e. The average molecular weight is 320 g/mol. The van der Waals surface area contributed by atoms with Crippen LogP contribution >= 0.6 is 11.3 Å². The molecule has 1 N–H and O–H groups in total. The molecule has 3 heterocycles. The number of imidazole rings is 1. The maximum absolute atomic E-state index is 12.3. The van der Waals surface area contributed by atoms with Crippen molar-refractivity contribution in [2.45, 2.75) is 12.6 Å². The van der Waals surface area contributed by atoms with Gasteiger partial charge in [0.25, 0.3) is 0 Å². The van der Waals surface area contributed by atoms with Gasteiger partial charge in [0.15, 0.2) is 0 Å². The number of carbonyl (C=O) groups is 1. The number of hydrogen-bond donors (Lipinski definition) is 1. The molecule has 1 atom stereocenters. The minimum absolute atomic E-state index is 0.0414. The van der Waals surface area contributed by atoms with E-state index in [1.54, 1.807) is 11.7 Å². The van der Waals surface area contributed by atoms with Crippen molar-refractivity contribution in [3.05, 3.63) is 34.8 Å². The molecule has 0 aliphatic carbocycles. The highest BCUT2D eigenvalue weighted by Gasteiger charge is 2.30. The number of thiazole rings is 1. The molecule has 0 aromatic carbocycles. The lowest BCUT2D eigenvalue weighted by atomic mass is 10.1. The summed E-state index contributed by atoms with van der Waals surface area (Å²) < 4.78 is 2.01. The van der Waals surface area contributed by atoms with Crippen LogP contribution in [0, 0.1) is 0 Å². The topological polar surface area (TPSA) is 66.3 Å². The van der Waals surface area contributed by atoms with Gasteiger partial charge in [-0.3, -0.25) is 4.90 Å². The number of likely N-dealkylation sites (N-methyl/N-ethyl adjacent to an activating group) is 1. The lowest BCUT2D eigenvalue weighted by Gasteiger charge is -2.38. The average Bonchev–Trinajstić information content (AvgIpc) is 3.17. The summed E-state index contributed by atoms with van der Waals surface area (Å²) in [6.45, 7) is 2.67. The molecule has 0 radical (unpaired) electrons. The van der Waals surface area contributed by atoms with Crippen LogP contribution in [0.5, 0.6) is 0 Å². The predicted octanol–water partition coefficient (Wildman–Crippen LogP) is 1.07. The second-order valence-corrected chi connectivity index (χ2v) is 6.20. The summed E-state index contributed by atoms with van der Waals surface area (Å²) in [5, 5.41) is 4.88. The Morgan fingerprint density at radius 1 is 1.41 bits per heavy atom. The second kappa shape index (κ2) is 6.45. The first-order chi connectivity index (χ1) is 10.6. The van der Waals surface area contributed by atoms with Gasteiger partial charge in [0.1, 0.15) is 5.82 Å². The SMILES string of the molecule is CN1CCN(C(=O)NCc2cscn2)C[C@@H]1c1nccn1C. The molecule has 118 valence electrons. The molecular weight excluding hydrogens is 300 g/mol. The molecule has 3 rings (SSSR count). The minimum atomic E-state index is -0.0414. The van der Waals surface area contributed by atoms with E-state index in [0.29, 0.717) is 13.1 Å². The number of piperazine rings is 1. The lowest BCUT2D eigenvalue weighted by molar-refractivity contribution is 0.104. The van der Waals surface area contributed by atoms with E-state index in [9.17, 15) is 4.79 Å². The van der Waals surface area contributed by atoms with Crippen molar-refractivity contribution >= 4 is 17.4 Å². The first-order valence-corrected chi connectivity index (χ1v) is 8.16. The Hall–Kier alpha value is -1.93. The Balaban J connectivity index is 1.62. The Morgan fingerprint density at radius 3 is 2.95 bits per heavy atom. The van der Waals surface area contributed by atoms with Crippen molar-refractivity contribution in [3.8, 4) is 0 Å². The molecule has 0 unspecified atom stereocenters. The number of aromatic nitrogens is 3. The summed E-state index contributed by atoms with van der Waals surface area (Å²) in [5.74, 6) is 0.986. The van der Waals surface area contributed by atoms with Gasteiger partial charge in [-0.05, 0) is 7.05 Å². The second-order valence-electron chi connectivity index (χ2n) is 5.48. The van der Waals surface area contributed by atoms with E-state index in [1.807, 2.05) is 28.1 Å². The zero-order valence-electron chi connectivity index (χ0n) is 12.8. The molecule has 7 nitrogen and oxygen atoms in total. The van der Waals surface area contributed by atoms with Crippen molar-refractivity contribution in [3.63, 3.8) is 0 Å². The third-order valence-electron chi connectivity index (χ3n) is 4.00. The number of hydrogen-bond acceptors (Lipinski definition) is 5. The molecule has 22 heavy (non-hydrogen) atoms. The molecule has 0 spiro atoms. The number of aryl methyl sites for hydroxylation is 1. The molecule has 8 heteroatoms. The normalized spacial score (nSPS) is 19.4. The molecule has 0 bridgehead atoms. The summed E-state index contributed by atoms with van der Waals surface area (Å²) >= 11 is 1.53. The van der Waals surface area contributed by atoms with Crippen molar-refractivity contribution < 1.29 is 4.79 Å². The standard InChI is InChI=1S/C14H20N6OS/c1-18-5-6-20(8-12(18)13-15-3-4-19(13)2)14(21)16-7-11-9-22-10-17-11/h3-4,9-10,12H,5-8H2,1-2H3,(H,16,21)/t12-/m1/s1. The van der Waals surface area contributed by atoms with Gasteiger partial charge in [0.2, 0.25) is 0 Å². The van der Waals surface area contributed by atoms with Crippen LogP contribution < -0.4 is 5.32 Å². The fraction of sp³-hybridized carbons (Fsp3) is 0.500. The highest BCUT2D eigenvalue weighted by atomic mass is 32.1. The van der Waals surface area contributed by atoms with E-state index >= 15 is 0 Å². The summed E-state index contributed by atoms with van der Waals surface area (Å²) in [4.78, 5) is 25.0. The fourth-order valence-corrected chi connectivity index (χ4v) is 3.20. The molecule has 0 saturated carbocycles. The molecule has 2 amide bonds.